The average Bonchev–Trinajstić information content (AvgIpc) is 2.52. The minimum atomic E-state index is -0.370. The van der Waals surface area contributed by atoms with Crippen molar-refractivity contribution >= 4 is 11.6 Å². The molecule has 5 heteroatoms. The Morgan fingerprint density at radius 3 is 2.65 bits per heavy atom. The lowest BCUT2D eigenvalue weighted by Gasteiger charge is -2.30. The monoisotopic (exact) mass is 321 g/mol. The summed E-state index contributed by atoms with van der Waals surface area (Å²) in [7, 11) is 3.55. The van der Waals surface area contributed by atoms with Crippen molar-refractivity contribution in [3.05, 3.63) is 29.6 Å². The van der Waals surface area contributed by atoms with Crippen LogP contribution >= 0.6 is 0 Å². The van der Waals surface area contributed by atoms with E-state index in [0.29, 0.717) is 17.8 Å². The van der Waals surface area contributed by atoms with E-state index in [0.717, 1.165) is 32.0 Å². The van der Waals surface area contributed by atoms with E-state index in [1.54, 1.807) is 31.1 Å². The fourth-order valence-electron chi connectivity index (χ4n) is 2.90. The van der Waals surface area contributed by atoms with Crippen molar-refractivity contribution in [2.75, 3.05) is 45.2 Å². The first-order valence-electron chi connectivity index (χ1n) is 8.45. The molecule has 0 atom stereocenters. The number of hydrogen-bond donors (Lipinski definition) is 1. The van der Waals surface area contributed by atoms with Crippen LogP contribution in [0.4, 0.5) is 10.1 Å². The smallest absolute Gasteiger partial charge is 0.251 e. The van der Waals surface area contributed by atoms with Crippen molar-refractivity contribution in [2.24, 2.45) is 5.92 Å². The van der Waals surface area contributed by atoms with E-state index in [-0.39, 0.29) is 11.7 Å². The molecule has 1 aliphatic rings. The van der Waals surface area contributed by atoms with Gasteiger partial charge in [-0.05, 0) is 63.0 Å². The molecule has 1 fully saturated rings. The number of nitrogens with one attached hydrogen (secondary N) is 1. The number of carbonyl (C=O) groups is 1. The number of halogens is 1. The first-order valence-corrected chi connectivity index (χ1v) is 8.45. The molecule has 0 aliphatic carbocycles. The molecule has 1 N–H and O–H groups in total. The van der Waals surface area contributed by atoms with Gasteiger partial charge in [0.1, 0.15) is 5.82 Å². The van der Waals surface area contributed by atoms with E-state index in [1.165, 1.54) is 18.9 Å². The fraction of sp³-hybridized carbons (Fsp3) is 0.611. The van der Waals surface area contributed by atoms with Crippen LogP contribution < -0.4 is 10.2 Å². The standard InChI is InChI=1S/C18H28FN3O/c1-14-7-11-22(12-8-14)10-4-9-20-18(23)15-5-6-17(21(2)3)16(19)13-15/h5-6,13-14H,4,7-12H2,1-3H3,(H,20,23). The van der Waals surface area contributed by atoms with Crippen LogP contribution in [-0.4, -0.2) is 51.1 Å². The number of benzene rings is 1. The normalized spacial score (nSPS) is 16.3. The summed E-state index contributed by atoms with van der Waals surface area (Å²) >= 11 is 0. The highest BCUT2D eigenvalue weighted by Gasteiger charge is 2.15. The summed E-state index contributed by atoms with van der Waals surface area (Å²) in [4.78, 5) is 16.2. The molecule has 2 rings (SSSR count). The largest absolute Gasteiger partial charge is 0.375 e. The van der Waals surface area contributed by atoms with Crippen LogP contribution in [0, 0.1) is 11.7 Å². The summed E-state index contributed by atoms with van der Waals surface area (Å²) in [5, 5.41) is 2.88. The summed E-state index contributed by atoms with van der Waals surface area (Å²) in [6.45, 7) is 6.26. The molecular weight excluding hydrogens is 293 g/mol. The van der Waals surface area contributed by atoms with E-state index in [1.807, 2.05) is 0 Å². The third-order valence-corrected chi connectivity index (χ3v) is 4.50. The van der Waals surface area contributed by atoms with Gasteiger partial charge in [0.25, 0.3) is 5.91 Å². The number of piperidine rings is 1. The molecule has 1 aromatic rings. The second kappa shape index (κ2) is 8.29. The third kappa shape index (κ3) is 5.20. The van der Waals surface area contributed by atoms with Gasteiger partial charge in [-0.1, -0.05) is 6.92 Å². The van der Waals surface area contributed by atoms with Gasteiger partial charge < -0.3 is 15.1 Å². The molecule has 1 aliphatic heterocycles. The summed E-state index contributed by atoms with van der Waals surface area (Å²) < 4.78 is 13.9. The lowest BCUT2D eigenvalue weighted by molar-refractivity contribution is 0.0950. The van der Waals surface area contributed by atoms with Gasteiger partial charge in [-0.3, -0.25) is 4.79 Å². The number of carbonyl (C=O) groups excluding carboxylic acids is 1. The molecule has 0 bridgehead atoms. The van der Waals surface area contributed by atoms with E-state index in [4.69, 9.17) is 0 Å². The minimum absolute atomic E-state index is 0.207. The zero-order chi connectivity index (χ0) is 16.8. The number of likely N-dealkylation sites (tertiary alicyclic amines) is 1. The summed E-state index contributed by atoms with van der Waals surface area (Å²) in [5.74, 6) is 0.262. The Morgan fingerprint density at radius 2 is 2.04 bits per heavy atom. The molecule has 1 aromatic carbocycles. The van der Waals surface area contributed by atoms with Crippen LogP contribution in [0.1, 0.15) is 36.5 Å². The minimum Gasteiger partial charge on any atom is -0.375 e. The van der Waals surface area contributed by atoms with Crippen molar-refractivity contribution < 1.29 is 9.18 Å². The number of rotatable bonds is 6. The zero-order valence-electron chi connectivity index (χ0n) is 14.4. The van der Waals surface area contributed by atoms with E-state index in [2.05, 4.69) is 17.1 Å². The van der Waals surface area contributed by atoms with Gasteiger partial charge in [0.15, 0.2) is 0 Å². The van der Waals surface area contributed by atoms with Crippen molar-refractivity contribution in [3.8, 4) is 0 Å². The molecule has 1 amide bonds. The van der Waals surface area contributed by atoms with Gasteiger partial charge in [0.05, 0.1) is 5.69 Å². The van der Waals surface area contributed by atoms with Gasteiger partial charge in [-0.15, -0.1) is 0 Å². The third-order valence-electron chi connectivity index (χ3n) is 4.50. The molecule has 1 heterocycles. The lowest BCUT2D eigenvalue weighted by atomic mass is 9.99. The predicted octanol–water partition coefficient (Wildman–Crippen LogP) is 2.74. The summed E-state index contributed by atoms with van der Waals surface area (Å²) in [6, 6.07) is 4.61. The highest BCUT2D eigenvalue weighted by molar-refractivity contribution is 5.94. The first kappa shape index (κ1) is 17.7. The Labute approximate surface area is 138 Å². The first-order chi connectivity index (χ1) is 11.0. The van der Waals surface area contributed by atoms with E-state index >= 15 is 0 Å². The highest BCUT2D eigenvalue weighted by atomic mass is 19.1. The number of hydrogen-bond acceptors (Lipinski definition) is 3. The molecule has 0 aromatic heterocycles. The fourth-order valence-corrected chi connectivity index (χ4v) is 2.90. The molecule has 0 unspecified atom stereocenters. The summed E-state index contributed by atoms with van der Waals surface area (Å²) in [6.07, 6.45) is 3.46. The maximum atomic E-state index is 13.9. The van der Waals surface area contributed by atoms with Gasteiger partial charge in [-0.25, -0.2) is 4.39 Å². The SMILES string of the molecule is CC1CCN(CCCNC(=O)c2ccc(N(C)C)c(F)c2)CC1. The van der Waals surface area contributed by atoms with E-state index in [9.17, 15) is 9.18 Å². The highest BCUT2D eigenvalue weighted by Crippen LogP contribution is 2.18. The van der Waals surface area contributed by atoms with E-state index < -0.39 is 0 Å². The molecule has 0 spiro atoms. The Morgan fingerprint density at radius 1 is 1.35 bits per heavy atom. The van der Waals surface area contributed by atoms with Gasteiger partial charge in [0.2, 0.25) is 0 Å². The van der Waals surface area contributed by atoms with Crippen molar-refractivity contribution in [1.29, 1.82) is 0 Å². The second-order valence-corrected chi connectivity index (χ2v) is 6.69. The molecule has 1 saturated heterocycles. The Hall–Kier alpha value is -1.62. The van der Waals surface area contributed by atoms with Gasteiger partial charge in [0, 0.05) is 26.2 Å². The van der Waals surface area contributed by atoms with Gasteiger partial charge in [-0.2, -0.15) is 0 Å². The molecule has 128 valence electrons. The zero-order valence-corrected chi connectivity index (χ0v) is 14.4. The van der Waals surface area contributed by atoms with Crippen LogP contribution in [0.2, 0.25) is 0 Å². The maximum Gasteiger partial charge on any atom is 0.251 e. The van der Waals surface area contributed by atoms with Crippen molar-refractivity contribution in [2.45, 2.75) is 26.2 Å². The molecule has 23 heavy (non-hydrogen) atoms. The van der Waals surface area contributed by atoms with Crippen LogP contribution in [0.5, 0.6) is 0 Å². The number of nitrogens with zero attached hydrogens (tertiary/aromatic N) is 2. The molecule has 0 radical (unpaired) electrons. The van der Waals surface area contributed by atoms with Crippen LogP contribution in [0.25, 0.3) is 0 Å². The van der Waals surface area contributed by atoms with Crippen LogP contribution in [0.3, 0.4) is 0 Å². The Balaban J connectivity index is 1.73. The maximum absolute atomic E-state index is 13.9. The second-order valence-electron chi connectivity index (χ2n) is 6.69. The molecule has 4 nitrogen and oxygen atoms in total. The number of anilines is 1. The Kier molecular flexibility index (Phi) is 6.39. The van der Waals surface area contributed by atoms with Crippen LogP contribution in [0.15, 0.2) is 18.2 Å². The average molecular weight is 321 g/mol. The van der Waals surface area contributed by atoms with Gasteiger partial charge >= 0.3 is 0 Å². The molecular formula is C18H28FN3O. The Bertz CT molecular complexity index is 525. The van der Waals surface area contributed by atoms with Crippen molar-refractivity contribution in [1.82, 2.24) is 10.2 Å². The predicted molar refractivity (Wildman–Crippen MR) is 92.5 cm³/mol. The number of amides is 1. The quantitative estimate of drug-likeness (QED) is 0.818. The van der Waals surface area contributed by atoms with Crippen molar-refractivity contribution in [3.63, 3.8) is 0 Å². The lowest BCUT2D eigenvalue weighted by Crippen LogP contribution is -2.35. The topological polar surface area (TPSA) is 35.6 Å². The summed E-state index contributed by atoms with van der Waals surface area (Å²) in [5.41, 5.74) is 0.862. The van der Waals surface area contributed by atoms with Crippen LogP contribution in [-0.2, 0) is 0 Å². The molecule has 0 saturated carbocycles.